The Morgan fingerprint density at radius 3 is 2.36 bits per heavy atom. The minimum absolute atomic E-state index is 0.0711. The van der Waals surface area contributed by atoms with Crippen molar-refractivity contribution in [1.29, 1.82) is 0 Å². The molecule has 0 saturated carbocycles. The van der Waals surface area contributed by atoms with Gasteiger partial charge in [-0.2, -0.15) is 13.2 Å². The van der Waals surface area contributed by atoms with Crippen LogP contribution in [0.25, 0.3) is 0 Å². The van der Waals surface area contributed by atoms with E-state index in [1.807, 2.05) is 38.1 Å². The number of anilines is 1. The van der Waals surface area contributed by atoms with Gasteiger partial charge in [0.25, 0.3) is 0 Å². The van der Waals surface area contributed by atoms with Crippen molar-refractivity contribution in [2.45, 2.75) is 38.9 Å². The van der Waals surface area contributed by atoms with Crippen LogP contribution in [0.5, 0.6) is 5.75 Å². The van der Waals surface area contributed by atoms with E-state index in [2.05, 4.69) is 5.32 Å². The zero-order valence-electron chi connectivity index (χ0n) is 18.6. The summed E-state index contributed by atoms with van der Waals surface area (Å²) >= 11 is 5.63. The summed E-state index contributed by atoms with van der Waals surface area (Å²) in [5.41, 5.74) is -0.511. The monoisotopic (exact) mass is 506 g/mol. The first kappa shape index (κ1) is 26.8. The number of alkyl halides is 3. The quantitative estimate of drug-likeness (QED) is 0.494. The summed E-state index contributed by atoms with van der Waals surface area (Å²) in [7, 11) is -4.10. The average molecular weight is 507 g/mol. The summed E-state index contributed by atoms with van der Waals surface area (Å²) in [5.74, 6) is 0.221. The van der Waals surface area contributed by atoms with Gasteiger partial charge in [-0.05, 0) is 42.7 Å². The van der Waals surface area contributed by atoms with Crippen molar-refractivity contribution in [3.05, 3.63) is 58.6 Å². The van der Waals surface area contributed by atoms with Gasteiger partial charge >= 0.3 is 6.18 Å². The number of nitrogens with zero attached hydrogens (tertiary/aromatic N) is 1. The predicted molar refractivity (Wildman–Crippen MR) is 122 cm³/mol. The summed E-state index contributed by atoms with van der Waals surface area (Å²) in [6.45, 7) is 5.52. The summed E-state index contributed by atoms with van der Waals surface area (Å²) in [4.78, 5) is 12.6. The molecule has 0 radical (unpaired) electrons. The van der Waals surface area contributed by atoms with Crippen LogP contribution in [-0.4, -0.2) is 39.8 Å². The van der Waals surface area contributed by atoms with Gasteiger partial charge in [0.1, 0.15) is 18.4 Å². The maximum Gasteiger partial charge on any atom is 0.417 e. The second-order valence-corrected chi connectivity index (χ2v) is 10.00. The second-order valence-electron chi connectivity index (χ2n) is 7.73. The van der Waals surface area contributed by atoms with Crippen LogP contribution in [0.3, 0.4) is 0 Å². The van der Waals surface area contributed by atoms with Crippen molar-refractivity contribution in [3.63, 3.8) is 0 Å². The molecular weight excluding hydrogens is 481 g/mol. The number of sulfonamides is 1. The highest BCUT2D eigenvalue weighted by Crippen LogP contribution is 2.37. The predicted octanol–water partition coefficient (Wildman–Crippen LogP) is 4.83. The third-order valence-electron chi connectivity index (χ3n) is 4.80. The van der Waals surface area contributed by atoms with E-state index < -0.39 is 38.7 Å². The highest BCUT2D eigenvalue weighted by Gasteiger charge is 2.36. The van der Waals surface area contributed by atoms with Gasteiger partial charge < -0.3 is 10.1 Å². The van der Waals surface area contributed by atoms with Gasteiger partial charge in [0, 0.05) is 0 Å². The van der Waals surface area contributed by atoms with Crippen LogP contribution < -0.4 is 14.4 Å². The van der Waals surface area contributed by atoms with E-state index in [-0.39, 0.29) is 24.8 Å². The van der Waals surface area contributed by atoms with Crippen molar-refractivity contribution in [1.82, 2.24) is 5.32 Å². The lowest BCUT2D eigenvalue weighted by molar-refractivity contribution is -0.137. The van der Waals surface area contributed by atoms with E-state index in [9.17, 15) is 26.4 Å². The maximum atomic E-state index is 13.2. The van der Waals surface area contributed by atoms with Crippen LogP contribution in [0.2, 0.25) is 5.02 Å². The highest BCUT2D eigenvalue weighted by molar-refractivity contribution is 7.92. The van der Waals surface area contributed by atoms with Crippen LogP contribution >= 0.6 is 11.6 Å². The van der Waals surface area contributed by atoms with Crippen LogP contribution in [0.1, 0.15) is 37.8 Å². The molecule has 0 bridgehead atoms. The van der Waals surface area contributed by atoms with Crippen LogP contribution in [0, 0.1) is 0 Å². The molecule has 0 unspecified atom stereocenters. The Hall–Kier alpha value is -2.46. The summed E-state index contributed by atoms with van der Waals surface area (Å²) in [6.07, 6.45) is -3.98. The maximum absolute atomic E-state index is 13.2. The number of benzene rings is 2. The molecule has 0 spiro atoms. The number of carbonyl (C=O) groups excluding carboxylic acids is 1. The van der Waals surface area contributed by atoms with E-state index in [0.717, 1.165) is 24.0 Å². The van der Waals surface area contributed by atoms with Gasteiger partial charge in [-0.15, -0.1) is 0 Å². The fourth-order valence-electron chi connectivity index (χ4n) is 3.25. The molecule has 182 valence electrons. The molecule has 2 aromatic carbocycles. The number of rotatable bonds is 9. The molecule has 0 aliphatic heterocycles. The zero-order chi connectivity index (χ0) is 25.0. The molecule has 0 heterocycles. The lowest BCUT2D eigenvalue weighted by Gasteiger charge is -2.29. The lowest BCUT2D eigenvalue weighted by atomic mass is 10.0. The molecule has 11 heteroatoms. The molecule has 2 aromatic rings. The molecular formula is C22H26ClF3N2O4S. The number of carbonyl (C=O) groups is 1. The van der Waals surface area contributed by atoms with E-state index in [4.69, 9.17) is 16.3 Å². The van der Waals surface area contributed by atoms with Crippen LogP contribution in [0.4, 0.5) is 18.9 Å². The van der Waals surface area contributed by atoms with E-state index in [0.29, 0.717) is 16.1 Å². The van der Waals surface area contributed by atoms with E-state index in [1.165, 1.54) is 6.92 Å². The molecule has 6 nitrogen and oxygen atoms in total. The number of ether oxygens (including phenoxy) is 1. The van der Waals surface area contributed by atoms with E-state index >= 15 is 0 Å². The number of halogens is 4. The first-order valence-electron chi connectivity index (χ1n) is 10.1. The van der Waals surface area contributed by atoms with Crippen molar-refractivity contribution in [2.75, 3.05) is 23.7 Å². The normalized spacial score (nSPS) is 13.0. The third kappa shape index (κ3) is 7.01. The van der Waals surface area contributed by atoms with Crippen LogP contribution in [-0.2, 0) is 21.0 Å². The fourth-order valence-corrected chi connectivity index (χ4v) is 4.64. The molecule has 1 amide bonds. The molecule has 2 rings (SSSR count). The lowest BCUT2D eigenvalue weighted by Crippen LogP contribution is -2.48. The number of hydrogen-bond donors (Lipinski definition) is 1. The molecule has 1 atom stereocenters. The molecule has 0 aliphatic rings. The van der Waals surface area contributed by atoms with Crippen molar-refractivity contribution in [2.24, 2.45) is 0 Å². The van der Waals surface area contributed by atoms with E-state index in [1.54, 1.807) is 0 Å². The third-order valence-corrected chi connectivity index (χ3v) is 6.37. The standard InChI is InChI=1S/C22H26ClF3N2O4S/c1-14(2)17-7-5-6-8-20(17)32-12-11-27-21(29)15(3)28(33(4,30)31)16-9-10-19(23)18(13-16)22(24,25)26/h5-10,13-15H,11-12H2,1-4H3,(H,27,29)/t15-/m0/s1. The van der Waals surface area contributed by atoms with Crippen LogP contribution in [0.15, 0.2) is 42.5 Å². The van der Waals surface area contributed by atoms with Crippen molar-refractivity contribution < 1.29 is 31.1 Å². The minimum atomic E-state index is -4.79. The van der Waals surface area contributed by atoms with Gasteiger partial charge in [0.2, 0.25) is 15.9 Å². The van der Waals surface area contributed by atoms with Crippen molar-refractivity contribution >= 4 is 33.2 Å². The Bertz CT molecular complexity index is 1090. The van der Waals surface area contributed by atoms with Crippen molar-refractivity contribution in [3.8, 4) is 5.75 Å². The Labute approximate surface area is 196 Å². The number of amides is 1. The largest absolute Gasteiger partial charge is 0.491 e. The molecule has 0 aromatic heterocycles. The first-order valence-corrected chi connectivity index (χ1v) is 12.3. The first-order chi connectivity index (χ1) is 15.2. The SMILES string of the molecule is CC(C)c1ccccc1OCCNC(=O)[C@H](C)N(c1ccc(Cl)c(C(F)(F)F)c1)S(C)(=O)=O. The highest BCUT2D eigenvalue weighted by atomic mass is 35.5. The smallest absolute Gasteiger partial charge is 0.417 e. The average Bonchev–Trinajstić information content (AvgIpc) is 2.70. The number of para-hydroxylation sites is 1. The number of hydrogen-bond acceptors (Lipinski definition) is 4. The Morgan fingerprint density at radius 2 is 1.79 bits per heavy atom. The van der Waals surface area contributed by atoms with Gasteiger partial charge in [-0.25, -0.2) is 8.42 Å². The summed E-state index contributed by atoms with van der Waals surface area (Å²) in [5, 5.41) is 1.99. The van der Waals surface area contributed by atoms with Gasteiger partial charge in [-0.1, -0.05) is 43.6 Å². The van der Waals surface area contributed by atoms with Gasteiger partial charge in [-0.3, -0.25) is 9.10 Å². The Kier molecular flexibility index (Phi) is 8.64. The number of nitrogens with one attached hydrogen (secondary N) is 1. The van der Waals surface area contributed by atoms with Gasteiger partial charge in [0.15, 0.2) is 0 Å². The summed E-state index contributed by atoms with van der Waals surface area (Å²) < 4.78 is 70.7. The molecule has 33 heavy (non-hydrogen) atoms. The molecule has 0 aliphatic carbocycles. The van der Waals surface area contributed by atoms with Gasteiger partial charge in [0.05, 0.1) is 29.1 Å². The fraction of sp³-hybridized carbons (Fsp3) is 0.409. The molecule has 0 fully saturated rings. The minimum Gasteiger partial charge on any atom is -0.491 e. The topological polar surface area (TPSA) is 75.7 Å². The second kappa shape index (κ2) is 10.6. The molecule has 0 saturated heterocycles. The zero-order valence-corrected chi connectivity index (χ0v) is 20.2. The molecule has 1 N–H and O–H groups in total. The Balaban J connectivity index is 2.13. The Morgan fingerprint density at radius 1 is 1.15 bits per heavy atom. The summed E-state index contributed by atoms with van der Waals surface area (Å²) in [6, 6.07) is 8.83.